The third-order valence-electron chi connectivity index (χ3n) is 4.60. The summed E-state index contributed by atoms with van der Waals surface area (Å²) in [7, 11) is 0. The first-order valence-corrected chi connectivity index (χ1v) is 12.1. The molecule has 2 N–H and O–H groups in total. The first-order chi connectivity index (χ1) is 14.6. The molecule has 180 valence electrons. The van der Waals surface area contributed by atoms with Gasteiger partial charge in [-0.15, -0.1) is 0 Å². The number of rotatable bonds is 20. The number of aliphatic hydroxyl groups is 2. The highest BCUT2D eigenvalue weighted by Gasteiger charge is 2.03. The van der Waals surface area contributed by atoms with E-state index in [4.69, 9.17) is 19.7 Å². The summed E-state index contributed by atoms with van der Waals surface area (Å²) in [5.74, 6) is -0.133. The van der Waals surface area contributed by atoms with E-state index in [0.29, 0.717) is 26.1 Å². The van der Waals surface area contributed by atoms with E-state index < -0.39 is 0 Å². The quantitative estimate of drug-likeness (QED) is 0.200. The van der Waals surface area contributed by atoms with Gasteiger partial charge in [-0.05, 0) is 38.5 Å². The molecular weight excluding hydrogens is 384 g/mol. The Balaban J connectivity index is 0. The molecule has 0 fully saturated rings. The van der Waals surface area contributed by atoms with E-state index in [2.05, 4.69) is 13.8 Å². The van der Waals surface area contributed by atoms with Crippen molar-refractivity contribution in [2.24, 2.45) is 0 Å². The van der Waals surface area contributed by atoms with Gasteiger partial charge in [-0.25, -0.2) is 0 Å². The van der Waals surface area contributed by atoms with Crippen molar-refractivity contribution in [1.29, 1.82) is 0 Å². The first kappa shape index (κ1) is 31.0. The smallest absolute Gasteiger partial charge is 0.305 e. The molecule has 0 bridgehead atoms. The SMILES string of the molecule is CCCCOC(=O)CCCCCCCCC(=O)OCCCC.OCCCCCCO. The van der Waals surface area contributed by atoms with Crippen molar-refractivity contribution in [2.45, 2.75) is 117 Å². The topological polar surface area (TPSA) is 93.1 Å². The van der Waals surface area contributed by atoms with Gasteiger partial charge in [0.15, 0.2) is 0 Å². The zero-order valence-electron chi connectivity index (χ0n) is 19.7. The van der Waals surface area contributed by atoms with Crippen LogP contribution in [0.1, 0.15) is 117 Å². The average Bonchev–Trinajstić information content (AvgIpc) is 2.74. The van der Waals surface area contributed by atoms with Gasteiger partial charge in [-0.2, -0.15) is 0 Å². The summed E-state index contributed by atoms with van der Waals surface area (Å²) in [5.41, 5.74) is 0. The Kier molecular flexibility index (Phi) is 28.8. The summed E-state index contributed by atoms with van der Waals surface area (Å²) >= 11 is 0. The van der Waals surface area contributed by atoms with Gasteiger partial charge in [-0.1, -0.05) is 65.2 Å². The maximum Gasteiger partial charge on any atom is 0.305 e. The van der Waals surface area contributed by atoms with Crippen LogP contribution in [0.25, 0.3) is 0 Å². The lowest BCUT2D eigenvalue weighted by molar-refractivity contribution is -0.144. The minimum atomic E-state index is -0.0664. The molecular formula is C24H48O6. The van der Waals surface area contributed by atoms with Crippen LogP contribution in [0.5, 0.6) is 0 Å². The van der Waals surface area contributed by atoms with E-state index in [0.717, 1.165) is 89.9 Å². The zero-order chi connectivity index (χ0) is 22.7. The molecule has 0 aromatic rings. The first-order valence-electron chi connectivity index (χ1n) is 12.1. The summed E-state index contributed by atoms with van der Waals surface area (Å²) in [6.07, 6.45) is 15.1. The molecule has 0 spiro atoms. The summed E-state index contributed by atoms with van der Waals surface area (Å²) in [6, 6.07) is 0. The van der Waals surface area contributed by atoms with Crippen LogP contribution in [0.3, 0.4) is 0 Å². The normalized spacial score (nSPS) is 10.3. The second-order valence-corrected chi connectivity index (χ2v) is 7.63. The second-order valence-electron chi connectivity index (χ2n) is 7.63. The van der Waals surface area contributed by atoms with Crippen LogP contribution in [0, 0.1) is 0 Å². The van der Waals surface area contributed by atoms with Gasteiger partial charge in [0, 0.05) is 26.1 Å². The number of hydrogen-bond donors (Lipinski definition) is 2. The Labute approximate surface area is 184 Å². The maximum absolute atomic E-state index is 11.4. The lowest BCUT2D eigenvalue weighted by Crippen LogP contribution is -2.05. The fraction of sp³-hybridized carbons (Fsp3) is 0.917. The molecule has 0 saturated carbocycles. The van der Waals surface area contributed by atoms with E-state index in [1.54, 1.807) is 0 Å². The minimum absolute atomic E-state index is 0.0664. The third kappa shape index (κ3) is 29.1. The van der Waals surface area contributed by atoms with Crippen molar-refractivity contribution in [1.82, 2.24) is 0 Å². The van der Waals surface area contributed by atoms with Gasteiger partial charge in [0.1, 0.15) is 0 Å². The number of hydrogen-bond acceptors (Lipinski definition) is 6. The van der Waals surface area contributed by atoms with E-state index in [9.17, 15) is 9.59 Å². The number of carbonyl (C=O) groups is 2. The van der Waals surface area contributed by atoms with Gasteiger partial charge in [0.2, 0.25) is 0 Å². The van der Waals surface area contributed by atoms with Gasteiger partial charge < -0.3 is 19.7 Å². The van der Waals surface area contributed by atoms with Crippen LogP contribution in [-0.4, -0.2) is 48.6 Å². The molecule has 6 heteroatoms. The molecule has 0 aromatic carbocycles. The predicted octanol–water partition coefficient (Wildman–Crippen LogP) is 5.33. The second kappa shape index (κ2) is 27.9. The highest BCUT2D eigenvalue weighted by atomic mass is 16.5. The van der Waals surface area contributed by atoms with E-state index >= 15 is 0 Å². The van der Waals surface area contributed by atoms with Gasteiger partial charge in [0.05, 0.1) is 13.2 Å². The molecule has 0 aliphatic rings. The van der Waals surface area contributed by atoms with Gasteiger partial charge in [0.25, 0.3) is 0 Å². The van der Waals surface area contributed by atoms with Gasteiger partial charge in [-0.3, -0.25) is 9.59 Å². The van der Waals surface area contributed by atoms with Crippen LogP contribution >= 0.6 is 0 Å². The molecule has 0 aromatic heterocycles. The number of unbranched alkanes of at least 4 members (excludes halogenated alkanes) is 10. The monoisotopic (exact) mass is 432 g/mol. The Hall–Kier alpha value is -1.14. The number of esters is 2. The summed E-state index contributed by atoms with van der Waals surface area (Å²) < 4.78 is 10.2. The standard InChI is InChI=1S/C18H34O4.C6H14O2/c1-3-5-15-21-17(19)13-11-9-7-8-10-12-14-18(20)22-16-6-4-2;7-5-3-1-2-4-6-8/h3-16H2,1-2H3;7-8H,1-6H2. The predicted molar refractivity (Wildman–Crippen MR) is 121 cm³/mol. The Morgan fingerprint density at radius 2 is 0.867 bits per heavy atom. The van der Waals surface area contributed by atoms with E-state index in [1.165, 1.54) is 0 Å². The van der Waals surface area contributed by atoms with Crippen molar-refractivity contribution in [3.63, 3.8) is 0 Å². The highest BCUT2D eigenvalue weighted by Crippen LogP contribution is 2.10. The fourth-order valence-electron chi connectivity index (χ4n) is 2.63. The molecule has 0 rings (SSSR count). The molecule has 0 heterocycles. The average molecular weight is 433 g/mol. The largest absolute Gasteiger partial charge is 0.466 e. The molecule has 30 heavy (non-hydrogen) atoms. The van der Waals surface area contributed by atoms with Crippen LogP contribution in [0.2, 0.25) is 0 Å². The molecule has 0 aliphatic carbocycles. The lowest BCUT2D eigenvalue weighted by atomic mass is 10.1. The van der Waals surface area contributed by atoms with E-state index in [1.807, 2.05) is 0 Å². The van der Waals surface area contributed by atoms with Gasteiger partial charge >= 0.3 is 11.9 Å². The fourth-order valence-corrected chi connectivity index (χ4v) is 2.63. The highest BCUT2D eigenvalue weighted by molar-refractivity contribution is 5.69. The minimum Gasteiger partial charge on any atom is -0.466 e. The molecule has 6 nitrogen and oxygen atoms in total. The van der Waals surface area contributed by atoms with E-state index in [-0.39, 0.29) is 25.2 Å². The van der Waals surface area contributed by atoms with Crippen molar-refractivity contribution < 1.29 is 29.3 Å². The molecule has 0 aliphatic heterocycles. The summed E-state index contributed by atoms with van der Waals surface area (Å²) in [5, 5.41) is 16.6. The molecule has 0 unspecified atom stereocenters. The number of ether oxygens (including phenoxy) is 2. The van der Waals surface area contributed by atoms with Crippen LogP contribution in [-0.2, 0) is 19.1 Å². The summed E-state index contributed by atoms with van der Waals surface area (Å²) in [4.78, 5) is 22.7. The third-order valence-corrected chi connectivity index (χ3v) is 4.60. The molecule has 0 radical (unpaired) electrons. The van der Waals surface area contributed by atoms with Crippen molar-refractivity contribution in [2.75, 3.05) is 26.4 Å². The number of aliphatic hydroxyl groups excluding tert-OH is 2. The number of carbonyl (C=O) groups excluding carboxylic acids is 2. The lowest BCUT2D eigenvalue weighted by Gasteiger charge is -2.05. The van der Waals surface area contributed by atoms with Crippen LogP contribution < -0.4 is 0 Å². The van der Waals surface area contributed by atoms with Crippen LogP contribution in [0.4, 0.5) is 0 Å². The molecule has 0 saturated heterocycles. The van der Waals surface area contributed by atoms with Crippen LogP contribution in [0.15, 0.2) is 0 Å². The van der Waals surface area contributed by atoms with Crippen molar-refractivity contribution >= 4 is 11.9 Å². The Morgan fingerprint density at radius 3 is 1.20 bits per heavy atom. The molecule has 0 amide bonds. The van der Waals surface area contributed by atoms with Crippen molar-refractivity contribution in [3.8, 4) is 0 Å². The Bertz CT molecular complexity index is 326. The maximum atomic E-state index is 11.4. The summed E-state index contributed by atoms with van der Waals surface area (Å²) in [6.45, 7) is 5.85. The van der Waals surface area contributed by atoms with Crippen molar-refractivity contribution in [3.05, 3.63) is 0 Å². The Morgan fingerprint density at radius 1 is 0.533 bits per heavy atom. The molecule has 0 atom stereocenters. The zero-order valence-corrected chi connectivity index (χ0v) is 19.7.